The van der Waals surface area contributed by atoms with Crippen molar-refractivity contribution in [3.05, 3.63) is 27.7 Å². The molecule has 5 nitrogen and oxygen atoms in total. The monoisotopic (exact) mass is 306 g/mol. The van der Waals surface area contributed by atoms with Crippen LogP contribution < -0.4 is 5.32 Å². The molecule has 1 heterocycles. The molecular formula is C15H18N2O3S. The highest BCUT2D eigenvalue weighted by molar-refractivity contribution is 7.13. The number of amides is 1. The van der Waals surface area contributed by atoms with E-state index >= 15 is 0 Å². The predicted molar refractivity (Wildman–Crippen MR) is 79.2 cm³/mol. The topological polar surface area (TPSA) is 79.3 Å². The summed E-state index contributed by atoms with van der Waals surface area (Å²) in [4.78, 5) is 27.9. The van der Waals surface area contributed by atoms with Gasteiger partial charge in [-0.1, -0.05) is 12.2 Å². The Morgan fingerprint density at radius 1 is 1.43 bits per heavy atom. The number of hydrogen-bond acceptors (Lipinski definition) is 4. The zero-order valence-electron chi connectivity index (χ0n) is 12.0. The third-order valence-electron chi connectivity index (χ3n) is 4.35. The molecule has 1 aromatic heterocycles. The second-order valence-corrected chi connectivity index (χ2v) is 6.92. The van der Waals surface area contributed by atoms with Crippen molar-refractivity contribution in [1.82, 2.24) is 10.3 Å². The Hall–Kier alpha value is -1.69. The lowest BCUT2D eigenvalue weighted by Gasteiger charge is -2.20. The molecular weight excluding hydrogens is 288 g/mol. The summed E-state index contributed by atoms with van der Waals surface area (Å²) in [5.41, 5.74) is 0.506. The van der Waals surface area contributed by atoms with E-state index in [0.29, 0.717) is 22.5 Å². The van der Waals surface area contributed by atoms with Gasteiger partial charge < -0.3 is 10.4 Å². The number of rotatable bonds is 4. The molecule has 2 bridgehead atoms. The summed E-state index contributed by atoms with van der Waals surface area (Å²) in [5.74, 6) is 0.0798. The van der Waals surface area contributed by atoms with Gasteiger partial charge in [-0.15, -0.1) is 11.3 Å². The number of nitrogens with one attached hydrogen (secondary N) is 1. The summed E-state index contributed by atoms with van der Waals surface area (Å²) in [6.45, 7) is 3.53. The number of aromatic carboxylic acids is 1. The average Bonchev–Trinajstić information content (AvgIpc) is 3.12. The summed E-state index contributed by atoms with van der Waals surface area (Å²) in [5, 5.41) is 12.7. The molecule has 2 aliphatic rings. The van der Waals surface area contributed by atoms with Crippen molar-refractivity contribution in [3.63, 3.8) is 0 Å². The van der Waals surface area contributed by atoms with Gasteiger partial charge in [-0.3, -0.25) is 4.79 Å². The van der Waals surface area contributed by atoms with E-state index in [-0.39, 0.29) is 22.7 Å². The van der Waals surface area contributed by atoms with E-state index in [9.17, 15) is 9.59 Å². The summed E-state index contributed by atoms with van der Waals surface area (Å²) in [7, 11) is 0. The number of aryl methyl sites for hydroxylation is 1. The molecule has 0 aromatic carbocycles. The second kappa shape index (κ2) is 5.26. The van der Waals surface area contributed by atoms with Gasteiger partial charge in [-0.05, 0) is 38.5 Å². The van der Waals surface area contributed by atoms with Gasteiger partial charge in [0.25, 0.3) is 0 Å². The molecule has 3 rings (SSSR count). The van der Waals surface area contributed by atoms with Crippen LogP contribution in [0, 0.1) is 24.7 Å². The molecule has 0 saturated heterocycles. The lowest BCUT2D eigenvalue weighted by molar-refractivity contribution is -0.126. The molecule has 1 amide bonds. The number of carbonyl (C=O) groups is 2. The van der Waals surface area contributed by atoms with Crippen LogP contribution >= 0.6 is 11.3 Å². The van der Waals surface area contributed by atoms with Gasteiger partial charge in [-0.25, -0.2) is 9.78 Å². The first-order valence-electron chi connectivity index (χ1n) is 7.15. The largest absolute Gasteiger partial charge is 0.477 e. The summed E-state index contributed by atoms with van der Waals surface area (Å²) < 4.78 is 0. The number of thiazole rings is 1. The number of carboxylic acids is 1. The van der Waals surface area contributed by atoms with Crippen molar-refractivity contribution < 1.29 is 14.7 Å². The Morgan fingerprint density at radius 2 is 2.19 bits per heavy atom. The quantitative estimate of drug-likeness (QED) is 0.838. The zero-order valence-corrected chi connectivity index (χ0v) is 12.8. The molecule has 6 heteroatoms. The minimum absolute atomic E-state index is 0.0578. The molecule has 1 aromatic rings. The fraction of sp³-hybridized carbons (Fsp3) is 0.533. The van der Waals surface area contributed by atoms with Gasteiger partial charge in [0.2, 0.25) is 5.91 Å². The molecule has 0 spiro atoms. The summed E-state index contributed by atoms with van der Waals surface area (Å²) in [6, 6.07) is -0.252. The first kappa shape index (κ1) is 14.3. The molecule has 21 heavy (non-hydrogen) atoms. The fourth-order valence-corrected chi connectivity index (χ4v) is 4.17. The summed E-state index contributed by atoms with van der Waals surface area (Å²) in [6.07, 6.45) is 6.38. The van der Waals surface area contributed by atoms with Crippen LogP contribution in [0.3, 0.4) is 0 Å². The number of aromatic nitrogens is 1. The van der Waals surface area contributed by atoms with Crippen LogP contribution in [-0.2, 0) is 4.79 Å². The van der Waals surface area contributed by atoms with Gasteiger partial charge in [-0.2, -0.15) is 0 Å². The standard InChI is InChI=1S/C15H18N2O3S/c1-7-12(15(19)20)21-14(17-7)8(2)16-13(18)11-6-9-3-4-10(11)5-9/h3-4,8-11H,5-6H2,1-2H3,(H,16,18)(H,19,20). The van der Waals surface area contributed by atoms with E-state index in [0.717, 1.165) is 24.2 Å². The molecule has 1 fully saturated rings. The van der Waals surface area contributed by atoms with Crippen LogP contribution in [0.25, 0.3) is 0 Å². The lowest BCUT2D eigenvalue weighted by Crippen LogP contribution is -2.34. The molecule has 112 valence electrons. The van der Waals surface area contributed by atoms with Crippen molar-refractivity contribution in [3.8, 4) is 0 Å². The van der Waals surface area contributed by atoms with Gasteiger partial charge in [0, 0.05) is 5.92 Å². The molecule has 0 radical (unpaired) electrons. The minimum Gasteiger partial charge on any atom is -0.477 e. The normalized spacial score (nSPS) is 27.8. The van der Waals surface area contributed by atoms with E-state index in [4.69, 9.17) is 5.11 Å². The SMILES string of the molecule is Cc1nc(C(C)NC(=O)C2CC3C=CC2C3)sc1C(=O)O. The van der Waals surface area contributed by atoms with Crippen LogP contribution in [-0.4, -0.2) is 22.0 Å². The maximum absolute atomic E-state index is 12.4. The third kappa shape index (κ3) is 2.60. The Labute approximate surface area is 127 Å². The Bertz CT molecular complexity index is 622. The van der Waals surface area contributed by atoms with Crippen LogP contribution in [0.1, 0.15) is 46.2 Å². The van der Waals surface area contributed by atoms with E-state index in [2.05, 4.69) is 22.5 Å². The van der Waals surface area contributed by atoms with E-state index < -0.39 is 5.97 Å². The first-order chi connectivity index (χ1) is 9.95. The highest BCUT2D eigenvalue weighted by Crippen LogP contribution is 2.43. The van der Waals surface area contributed by atoms with Crippen LogP contribution in [0.15, 0.2) is 12.2 Å². The van der Waals surface area contributed by atoms with Crippen molar-refractivity contribution in [2.24, 2.45) is 17.8 Å². The smallest absolute Gasteiger partial charge is 0.347 e. The third-order valence-corrected chi connectivity index (χ3v) is 5.68. The van der Waals surface area contributed by atoms with Crippen LogP contribution in [0.2, 0.25) is 0 Å². The molecule has 4 unspecified atom stereocenters. The minimum atomic E-state index is -0.965. The highest BCUT2D eigenvalue weighted by atomic mass is 32.1. The fourth-order valence-electron chi connectivity index (χ4n) is 3.27. The van der Waals surface area contributed by atoms with Crippen molar-refractivity contribution >= 4 is 23.2 Å². The number of hydrogen-bond donors (Lipinski definition) is 2. The zero-order chi connectivity index (χ0) is 15.1. The van der Waals surface area contributed by atoms with Gasteiger partial charge in [0.05, 0.1) is 11.7 Å². The molecule has 0 aliphatic heterocycles. The summed E-state index contributed by atoms with van der Waals surface area (Å²) >= 11 is 1.14. The Balaban J connectivity index is 1.67. The van der Waals surface area contributed by atoms with Crippen LogP contribution in [0.4, 0.5) is 0 Å². The maximum Gasteiger partial charge on any atom is 0.347 e. The van der Waals surface area contributed by atoms with E-state index in [1.54, 1.807) is 6.92 Å². The van der Waals surface area contributed by atoms with E-state index in [1.807, 2.05) is 6.92 Å². The second-order valence-electron chi connectivity index (χ2n) is 5.89. The first-order valence-corrected chi connectivity index (χ1v) is 7.96. The van der Waals surface area contributed by atoms with Crippen molar-refractivity contribution in [2.75, 3.05) is 0 Å². The van der Waals surface area contributed by atoms with E-state index in [1.165, 1.54) is 0 Å². The number of allylic oxidation sites excluding steroid dienone is 2. The van der Waals surface area contributed by atoms with Crippen molar-refractivity contribution in [2.45, 2.75) is 32.7 Å². The Kier molecular flexibility index (Phi) is 3.57. The maximum atomic E-state index is 12.4. The molecule has 4 atom stereocenters. The van der Waals surface area contributed by atoms with Gasteiger partial charge in [0.1, 0.15) is 9.88 Å². The number of nitrogens with zero attached hydrogens (tertiary/aromatic N) is 1. The van der Waals surface area contributed by atoms with Crippen LogP contribution in [0.5, 0.6) is 0 Å². The highest BCUT2D eigenvalue weighted by Gasteiger charge is 2.40. The van der Waals surface area contributed by atoms with Gasteiger partial charge in [0.15, 0.2) is 0 Å². The predicted octanol–water partition coefficient (Wildman–Crippen LogP) is 2.54. The lowest BCUT2D eigenvalue weighted by atomic mass is 9.92. The number of fused-ring (bicyclic) bond motifs is 2. The average molecular weight is 306 g/mol. The van der Waals surface area contributed by atoms with Gasteiger partial charge >= 0.3 is 5.97 Å². The Morgan fingerprint density at radius 3 is 2.71 bits per heavy atom. The number of carboxylic acid groups (broad SMARTS) is 1. The molecule has 1 saturated carbocycles. The van der Waals surface area contributed by atoms with Crippen molar-refractivity contribution in [1.29, 1.82) is 0 Å². The number of carbonyl (C=O) groups excluding carboxylic acids is 1. The molecule has 2 aliphatic carbocycles. The molecule has 2 N–H and O–H groups in total.